The maximum absolute atomic E-state index is 5.50. The Hall–Kier alpha value is 0.310. The summed E-state index contributed by atoms with van der Waals surface area (Å²) < 4.78 is 5.79. The number of nitrogens with zero attached hydrogens (tertiary/aromatic N) is 1. The van der Waals surface area contributed by atoms with Gasteiger partial charge >= 0.3 is 0 Å². The summed E-state index contributed by atoms with van der Waals surface area (Å²) in [5, 5.41) is 7.05. The van der Waals surface area contributed by atoms with Gasteiger partial charge in [0, 0.05) is 37.6 Å². The Kier molecular flexibility index (Phi) is 13.8. The first-order valence-electron chi connectivity index (χ1n) is 8.76. The molecule has 0 spiro atoms. The van der Waals surface area contributed by atoms with Crippen LogP contribution in [0, 0.1) is 0 Å². The van der Waals surface area contributed by atoms with Crippen LogP contribution in [-0.4, -0.2) is 49.8 Å². The quantitative estimate of drug-likeness (QED) is 0.238. The number of unbranched alkanes of at least 4 members (excludes halogenated alkanes) is 3. The van der Waals surface area contributed by atoms with E-state index in [9.17, 15) is 0 Å². The normalized spacial score (nSPS) is 18.9. The molecule has 1 saturated heterocycles. The summed E-state index contributed by atoms with van der Waals surface area (Å²) in [6.07, 6.45) is 10.9. The lowest BCUT2D eigenvalue weighted by Gasteiger charge is -2.36. The van der Waals surface area contributed by atoms with Gasteiger partial charge in [0.2, 0.25) is 0 Å². The molecule has 0 aromatic rings. The summed E-state index contributed by atoms with van der Waals surface area (Å²) >= 11 is 1.96. The van der Waals surface area contributed by atoms with E-state index in [0.717, 1.165) is 38.6 Å². The highest BCUT2D eigenvalue weighted by molar-refractivity contribution is 14.0. The number of hydrogen-bond donors (Lipinski definition) is 2. The minimum atomic E-state index is 0. The number of nitrogens with one attached hydrogen (secondary N) is 2. The predicted molar refractivity (Wildman–Crippen MR) is 114 cm³/mol. The summed E-state index contributed by atoms with van der Waals surface area (Å²) in [6, 6.07) is 0.475. The molecule has 0 radical (unpaired) electrons. The minimum Gasteiger partial charge on any atom is -0.381 e. The highest BCUT2D eigenvalue weighted by atomic mass is 127. The van der Waals surface area contributed by atoms with Crippen molar-refractivity contribution in [1.82, 2.24) is 10.6 Å². The number of hydrogen-bond acceptors (Lipinski definition) is 3. The van der Waals surface area contributed by atoms with E-state index < -0.39 is 0 Å². The first-order valence-corrected chi connectivity index (χ1v) is 9.98. The highest BCUT2D eigenvalue weighted by Crippen LogP contribution is 2.32. The predicted octanol–water partition coefficient (Wildman–Crippen LogP) is 4.04. The van der Waals surface area contributed by atoms with Crippen LogP contribution in [0.4, 0.5) is 0 Å². The van der Waals surface area contributed by atoms with E-state index in [-0.39, 0.29) is 24.0 Å². The van der Waals surface area contributed by atoms with Crippen LogP contribution < -0.4 is 10.6 Å². The van der Waals surface area contributed by atoms with Gasteiger partial charge in [0.05, 0.1) is 0 Å². The topological polar surface area (TPSA) is 45.7 Å². The van der Waals surface area contributed by atoms with Crippen molar-refractivity contribution in [3.63, 3.8) is 0 Å². The highest BCUT2D eigenvalue weighted by Gasteiger charge is 2.31. The molecule has 0 saturated carbocycles. The minimum absolute atomic E-state index is 0. The van der Waals surface area contributed by atoms with Gasteiger partial charge in [-0.25, -0.2) is 0 Å². The van der Waals surface area contributed by atoms with E-state index in [1.165, 1.54) is 32.1 Å². The van der Waals surface area contributed by atoms with Crippen LogP contribution >= 0.6 is 35.7 Å². The molecular formula is C17H36IN3OS. The lowest BCUT2D eigenvalue weighted by Crippen LogP contribution is -2.49. The fourth-order valence-corrected chi connectivity index (χ4v) is 3.61. The van der Waals surface area contributed by atoms with E-state index in [1.807, 2.05) is 18.8 Å². The molecule has 23 heavy (non-hydrogen) atoms. The van der Waals surface area contributed by atoms with Crippen LogP contribution in [0.25, 0.3) is 0 Å². The van der Waals surface area contributed by atoms with Gasteiger partial charge in [-0.05, 0) is 32.4 Å². The molecule has 0 aromatic heterocycles. The molecule has 6 heteroatoms. The van der Waals surface area contributed by atoms with Crippen LogP contribution in [-0.2, 0) is 4.74 Å². The monoisotopic (exact) mass is 457 g/mol. The van der Waals surface area contributed by atoms with E-state index in [2.05, 4.69) is 35.7 Å². The van der Waals surface area contributed by atoms with Crippen molar-refractivity contribution in [2.75, 3.05) is 33.1 Å². The van der Waals surface area contributed by atoms with Gasteiger partial charge in [-0.1, -0.05) is 32.6 Å². The third kappa shape index (κ3) is 9.39. The average molecular weight is 457 g/mol. The number of aliphatic imine (C=N–C) groups is 1. The molecule has 0 aromatic carbocycles. The zero-order chi connectivity index (χ0) is 16.3. The second kappa shape index (κ2) is 13.6. The van der Waals surface area contributed by atoms with Crippen LogP contribution in [0.1, 0.15) is 58.8 Å². The molecule has 1 atom stereocenters. The van der Waals surface area contributed by atoms with Crippen LogP contribution in [0.2, 0.25) is 0 Å². The summed E-state index contributed by atoms with van der Waals surface area (Å²) in [5.74, 6) is 0.933. The van der Waals surface area contributed by atoms with Gasteiger partial charge in [-0.2, -0.15) is 11.8 Å². The Morgan fingerprint density at radius 1 is 1.26 bits per heavy atom. The zero-order valence-electron chi connectivity index (χ0n) is 15.3. The Bertz CT molecular complexity index is 323. The number of guanidine groups is 1. The summed E-state index contributed by atoms with van der Waals surface area (Å²) in [5.41, 5.74) is 0. The standard InChI is InChI=1S/C17H35N3OS.HI/c1-5-6-7-8-9-15(2)20-16(18-3)19-14-17(22-4)10-12-21-13-11-17;/h15H,5-14H2,1-4H3,(H2,18,19,20);1H. The molecule has 1 aliphatic heterocycles. The van der Waals surface area contributed by atoms with E-state index in [1.54, 1.807) is 0 Å². The molecule has 138 valence electrons. The number of thioether (sulfide) groups is 1. The number of ether oxygens (including phenoxy) is 1. The van der Waals surface area contributed by atoms with Crippen molar-refractivity contribution < 1.29 is 4.74 Å². The summed E-state index contributed by atoms with van der Waals surface area (Å²) in [6.45, 7) is 7.22. The second-order valence-corrected chi connectivity index (χ2v) is 7.59. The van der Waals surface area contributed by atoms with Crippen molar-refractivity contribution in [2.24, 2.45) is 4.99 Å². The maximum Gasteiger partial charge on any atom is 0.191 e. The largest absolute Gasteiger partial charge is 0.381 e. The van der Waals surface area contributed by atoms with Crippen LogP contribution in [0.15, 0.2) is 4.99 Å². The SMILES string of the molecule is CCCCCCC(C)NC(=NC)NCC1(SC)CCOCC1.I. The molecule has 0 bridgehead atoms. The van der Waals surface area contributed by atoms with E-state index >= 15 is 0 Å². The maximum atomic E-state index is 5.50. The molecule has 2 N–H and O–H groups in total. The van der Waals surface area contributed by atoms with Gasteiger partial charge in [-0.3, -0.25) is 4.99 Å². The van der Waals surface area contributed by atoms with Crippen molar-refractivity contribution in [1.29, 1.82) is 0 Å². The summed E-state index contributed by atoms with van der Waals surface area (Å²) in [4.78, 5) is 4.38. The number of rotatable bonds is 9. The lowest BCUT2D eigenvalue weighted by molar-refractivity contribution is 0.0782. The molecule has 1 fully saturated rings. The van der Waals surface area contributed by atoms with Gasteiger partial charge in [0.15, 0.2) is 5.96 Å². The smallest absolute Gasteiger partial charge is 0.191 e. The third-order valence-electron chi connectivity index (χ3n) is 4.51. The van der Waals surface area contributed by atoms with Gasteiger partial charge in [0.1, 0.15) is 0 Å². The molecule has 0 amide bonds. The van der Waals surface area contributed by atoms with Crippen LogP contribution in [0.3, 0.4) is 0 Å². The Balaban J connectivity index is 0.00000484. The van der Waals surface area contributed by atoms with Gasteiger partial charge in [0.25, 0.3) is 0 Å². The molecule has 1 heterocycles. The van der Waals surface area contributed by atoms with Crippen molar-refractivity contribution >= 4 is 41.7 Å². The third-order valence-corrected chi connectivity index (χ3v) is 5.93. The van der Waals surface area contributed by atoms with Gasteiger partial charge in [-0.15, -0.1) is 24.0 Å². The molecule has 4 nitrogen and oxygen atoms in total. The van der Waals surface area contributed by atoms with E-state index in [4.69, 9.17) is 4.74 Å². The number of halogens is 1. The first-order chi connectivity index (χ1) is 10.7. The molecule has 1 unspecified atom stereocenters. The Labute approximate surface area is 164 Å². The fraction of sp³-hybridized carbons (Fsp3) is 0.941. The van der Waals surface area contributed by atoms with Crippen molar-refractivity contribution in [3.05, 3.63) is 0 Å². The second-order valence-electron chi connectivity index (χ2n) is 6.32. The lowest BCUT2D eigenvalue weighted by atomic mass is 9.99. The molecule has 1 rings (SSSR count). The molecular weight excluding hydrogens is 421 g/mol. The first kappa shape index (κ1) is 23.3. The molecule has 0 aliphatic carbocycles. The van der Waals surface area contributed by atoms with Crippen LogP contribution in [0.5, 0.6) is 0 Å². The Morgan fingerprint density at radius 2 is 1.96 bits per heavy atom. The van der Waals surface area contributed by atoms with E-state index in [0.29, 0.717) is 10.8 Å². The zero-order valence-corrected chi connectivity index (χ0v) is 18.5. The fourth-order valence-electron chi connectivity index (χ4n) is 2.82. The summed E-state index contributed by atoms with van der Waals surface area (Å²) in [7, 11) is 1.86. The van der Waals surface area contributed by atoms with Gasteiger partial charge < -0.3 is 15.4 Å². The Morgan fingerprint density at radius 3 is 2.52 bits per heavy atom. The van der Waals surface area contributed by atoms with Crippen molar-refractivity contribution in [3.8, 4) is 0 Å². The average Bonchev–Trinajstić information content (AvgIpc) is 2.56. The van der Waals surface area contributed by atoms with Crippen molar-refractivity contribution in [2.45, 2.75) is 69.6 Å². The molecule has 1 aliphatic rings.